The highest BCUT2D eigenvalue weighted by atomic mass is 19.4. The number of nitrogens with two attached hydrogens (primary N) is 1. The van der Waals surface area contributed by atoms with E-state index >= 15 is 0 Å². The van der Waals surface area contributed by atoms with Crippen LogP contribution in [0.3, 0.4) is 0 Å². The van der Waals surface area contributed by atoms with Gasteiger partial charge < -0.3 is 5.73 Å². The largest absolute Gasteiger partial charge is 0.416 e. The molecular formula is C16H22F3NO. The maximum absolute atomic E-state index is 12.7. The Labute approximate surface area is 123 Å². The highest BCUT2D eigenvalue weighted by Gasteiger charge is 2.31. The summed E-state index contributed by atoms with van der Waals surface area (Å²) >= 11 is 0. The lowest BCUT2D eigenvalue weighted by Crippen LogP contribution is -2.13. The van der Waals surface area contributed by atoms with Crippen molar-refractivity contribution in [3.63, 3.8) is 0 Å². The van der Waals surface area contributed by atoms with Gasteiger partial charge in [-0.15, -0.1) is 0 Å². The van der Waals surface area contributed by atoms with Crippen LogP contribution in [0.25, 0.3) is 0 Å². The molecule has 118 valence electrons. The predicted molar refractivity (Wildman–Crippen MR) is 78.1 cm³/mol. The van der Waals surface area contributed by atoms with Crippen LogP contribution in [0.1, 0.15) is 61.9 Å². The van der Waals surface area contributed by atoms with Crippen LogP contribution in [0.15, 0.2) is 18.2 Å². The molecule has 0 fully saturated rings. The number of ketones is 1. The number of alkyl halides is 3. The Morgan fingerprint density at radius 3 is 2.48 bits per heavy atom. The Hall–Kier alpha value is -1.52. The van der Waals surface area contributed by atoms with Crippen molar-refractivity contribution in [2.45, 2.75) is 52.1 Å². The average molecular weight is 301 g/mol. The maximum atomic E-state index is 12.7. The third-order valence-corrected chi connectivity index (χ3v) is 3.70. The van der Waals surface area contributed by atoms with E-state index in [1.165, 1.54) is 0 Å². The number of hydrogen-bond acceptors (Lipinski definition) is 2. The number of halogens is 3. The molecule has 0 aliphatic heterocycles. The number of Topliss-reactive ketones (excluding diaryl/α,β-unsaturated/α-hetero) is 1. The van der Waals surface area contributed by atoms with Crippen LogP contribution < -0.4 is 5.73 Å². The van der Waals surface area contributed by atoms with Crippen LogP contribution in [0.4, 0.5) is 18.9 Å². The molecule has 0 bridgehead atoms. The van der Waals surface area contributed by atoms with E-state index in [1.807, 2.05) is 6.92 Å². The Balaban J connectivity index is 2.91. The van der Waals surface area contributed by atoms with Gasteiger partial charge in [-0.05, 0) is 24.1 Å². The molecule has 1 unspecified atom stereocenters. The molecule has 0 aliphatic carbocycles. The quantitative estimate of drug-likeness (QED) is 0.564. The number of nitrogen functional groups attached to an aromatic ring is 1. The van der Waals surface area contributed by atoms with Gasteiger partial charge in [-0.25, -0.2) is 0 Å². The Kier molecular flexibility index (Phi) is 6.24. The highest BCUT2D eigenvalue weighted by molar-refractivity contribution is 6.01. The van der Waals surface area contributed by atoms with Crippen molar-refractivity contribution in [1.29, 1.82) is 0 Å². The summed E-state index contributed by atoms with van der Waals surface area (Å²) in [6.07, 6.45) is -0.403. The Morgan fingerprint density at radius 2 is 1.95 bits per heavy atom. The van der Waals surface area contributed by atoms with Crippen molar-refractivity contribution in [2.24, 2.45) is 5.92 Å². The molecule has 5 heteroatoms. The molecule has 0 heterocycles. The summed E-state index contributed by atoms with van der Waals surface area (Å²) in [5, 5.41) is 0. The number of unbranched alkanes of at least 4 members (excludes halogenated alkanes) is 1. The first kappa shape index (κ1) is 17.5. The fourth-order valence-corrected chi connectivity index (χ4v) is 2.29. The molecule has 0 aliphatic rings. The minimum Gasteiger partial charge on any atom is -0.398 e. The minimum atomic E-state index is -4.46. The smallest absolute Gasteiger partial charge is 0.398 e. The van der Waals surface area contributed by atoms with Crippen LogP contribution >= 0.6 is 0 Å². The standard InChI is InChI=1S/C16H22F3NO/c1-3-5-6-11(4-2)9-15(21)13-10-12(16(17,18)19)7-8-14(13)20/h7-8,10-11H,3-6,9,20H2,1-2H3. The lowest BCUT2D eigenvalue weighted by molar-refractivity contribution is -0.137. The Morgan fingerprint density at radius 1 is 1.29 bits per heavy atom. The summed E-state index contributed by atoms with van der Waals surface area (Å²) in [6.45, 7) is 4.06. The van der Waals surface area contributed by atoms with Gasteiger partial charge in [-0.3, -0.25) is 4.79 Å². The third-order valence-electron chi connectivity index (χ3n) is 3.70. The van der Waals surface area contributed by atoms with Crippen LogP contribution in [-0.4, -0.2) is 5.78 Å². The molecule has 1 aromatic carbocycles. The molecule has 1 rings (SSSR count). The van der Waals surface area contributed by atoms with E-state index in [4.69, 9.17) is 5.73 Å². The lowest BCUT2D eigenvalue weighted by Gasteiger charge is -2.15. The van der Waals surface area contributed by atoms with Gasteiger partial charge in [0.15, 0.2) is 5.78 Å². The summed E-state index contributed by atoms with van der Waals surface area (Å²) in [5.74, 6) is -0.104. The van der Waals surface area contributed by atoms with E-state index in [2.05, 4.69) is 6.92 Å². The molecule has 0 spiro atoms. The van der Waals surface area contributed by atoms with Crippen LogP contribution in [0, 0.1) is 5.92 Å². The molecular weight excluding hydrogens is 279 g/mol. The molecule has 1 aromatic rings. The number of carbonyl (C=O) groups excluding carboxylic acids is 1. The summed E-state index contributed by atoms with van der Waals surface area (Å²) < 4.78 is 38.1. The highest BCUT2D eigenvalue weighted by Crippen LogP contribution is 2.32. The zero-order chi connectivity index (χ0) is 16.0. The second kappa shape index (κ2) is 7.48. The van der Waals surface area contributed by atoms with Gasteiger partial charge in [0.05, 0.1) is 5.56 Å². The lowest BCUT2D eigenvalue weighted by atomic mass is 9.90. The number of carbonyl (C=O) groups is 1. The first-order valence-electron chi connectivity index (χ1n) is 7.29. The van der Waals surface area contributed by atoms with E-state index < -0.39 is 11.7 Å². The summed E-state index contributed by atoms with van der Waals surface area (Å²) in [6, 6.07) is 2.92. The van der Waals surface area contributed by atoms with Crippen molar-refractivity contribution >= 4 is 11.5 Å². The summed E-state index contributed by atoms with van der Waals surface area (Å²) in [5.41, 5.74) is 4.93. The van der Waals surface area contributed by atoms with Gasteiger partial charge in [-0.1, -0.05) is 39.5 Å². The van der Waals surface area contributed by atoms with Crippen LogP contribution in [-0.2, 0) is 6.18 Å². The fourth-order valence-electron chi connectivity index (χ4n) is 2.29. The molecule has 0 radical (unpaired) electrons. The van der Waals surface area contributed by atoms with E-state index in [-0.39, 0.29) is 29.4 Å². The Bertz CT molecular complexity index is 483. The number of anilines is 1. The van der Waals surface area contributed by atoms with E-state index in [0.29, 0.717) is 0 Å². The number of hydrogen-bond donors (Lipinski definition) is 1. The van der Waals surface area contributed by atoms with Crippen molar-refractivity contribution in [3.8, 4) is 0 Å². The van der Waals surface area contributed by atoms with Crippen molar-refractivity contribution in [3.05, 3.63) is 29.3 Å². The van der Waals surface area contributed by atoms with Crippen molar-refractivity contribution in [2.75, 3.05) is 5.73 Å². The first-order chi connectivity index (χ1) is 9.79. The summed E-state index contributed by atoms with van der Waals surface area (Å²) in [4.78, 5) is 12.2. The number of rotatable bonds is 7. The van der Waals surface area contributed by atoms with Gasteiger partial charge in [0.2, 0.25) is 0 Å². The second-order valence-corrected chi connectivity index (χ2v) is 5.34. The van der Waals surface area contributed by atoms with Gasteiger partial charge in [0.1, 0.15) is 0 Å². The topological polar surface area (TPSA) is 43.1 Å². The monoisotopic (exact) mass is 301 g/mol. The average Bonchev–Trinajstić information content (AvgIpc) is 2.42. The van der Waals surface area contributed by atoms with Crippen molar-refractivity contribution < 1.29 is 18.0 Å². The molecule has 2 nitrogen and oxygen atoms in total. The third kappa shape index (κ3) is 5.06. The zero-order valence-corrected chi connectivity index (χ0v) is 12.5. The summed E-state index contributed by atoms with van der Waals surface area (Å²) in [7, 11) is 0. The fraction of sp³-hybridized carbons (Fsp3) is 0.562. The molecule has 0 saturated carbocycles. The number of benzene rings is 1. The molecule has 0 amide bonds. The molecule has 2 N–H and O–H groups in total. The molecule has 1 atom stereocenters. The SMILES string of the molecule is CCCCC(CC)CC(=O)c1cc(C(F)(F)F)ccc1N. The minimum absolute atomic E-state index is 0.0141. The van der Waals surface area contributed by atoms with Gasteiger partial charge in [0, 0.05) is 17.7 Å². The van der Waals surface area contributed by atoms with Crippen molar-refractivity contribution in [1.82, 2.24) is 0 Å². The second-order valence-electron chi connectivity index (χ2n) is 5.34. The normalized spacial score (nSPS) is 13.2. The predicted octanol–water partition coefficient (Wildman–Crippen LogP) is 5.08. The molecule has 21 heavy (non-hydrogen) atoms. The van der Waals surface area contributed by atoms with Crippen LogP contribution in [0.2, 0.25) is 0 Å². The molecule has 0 aromatic heterocycles. The zero-order valence-electron chi connectivity index (χ0n) is 12.5. The molecule has 0 saturated heterocycles. The van der Waals surface area contributed by atoms with E-state index in [9.17, 15) is 18.0 Å². The van der Waals surface area contributed by atoms with E-state index in [0.717, 1.165) is 43.9 Å². The first-order valence-corrected chi connectivity index (χ1v) is 7.29. The van der Waals surface area contributed by atoms with E-state index in [1.54, 1.807) is 0 Å². The van der Waals surface area contributed by atoms with Gasteiger partial charge >= 0.3 is 6.18 Å². The van der Waals surface area contributed by atoms with Crippen LogP contribution in [0.5, 0.6) is 0 Å². The van der Waals surface area contributed by atoms with Gasteiger partial charge in [0.25, 0.3) is 0 Å². The maximum Gasteiger partial charge on any atom is 0.416 e. The van der Waals surface area contributed by atoms with Gasteiger partial charge in [-0.2, -0.15) is 13.2 Å².